The Labute approximate surface area is 146 Å². The van der Waals surface area contributed by atoms with Crippen LogP contribution in [-0.4, -0.2) is 46.8 Å². The molecule has 1 amide bonds. The minimum Gasteiger partial charge on any atom is -0.382 e. The van der Waals surface area contributed by atoms with E-state index in [0.29, 0.717) is 18.3 Å². The molecular formula is C18H23N5O2. The lowest BCUT2D eigenvalue weighted by atomic mass is 9.98. The Bertz CT molecular complexity index is 756. The number of carbonyl (C=O) groups excluding carboxylic acids is 1. The minimum atomic E-state index is 0.0920. The van der Waals surface area contributed by atoms with Crippen LogP contribution in [0.2, 0.25) is 0 Å². The molecule has 0 bridgehead atoms. The van der Waals surface area contributed by atoms with Crippen molar-refractivity contribution >= 4 is 18.3 Å². The molecule has 2 N–H and O–H groups in total. The van der Waals surface area contributed by atoms with Gasteiger partial charge in [0.2, 0.25) is 18.1 Å². The van der Waals surface area contributed by atoms with Gasteiger partial charge in [-0.2, -0.15) is 4.98 Å². The van der Waals surface area contributed by atoms with E-state index in [9.17, 15) is 4.79 Å². The fourth-order valence-electron chi connectivity index (χ4n) is 3.08. The van der Waals surface area contributed by atoms with Gasteiger partial charge in [-0.05, 0) is 32.8 Å². The summed E-state index contributed by atoms with van der Waals surface area (Å²) < 4.78 is 5.46. The van der Waals surface area contributed by atoms with Crippen LogP contribution in [0.15, 0.2) is 22.7 Å². The molecule has 0 radical (unpaired) electrons. The van der Waals surface area contributed by atoms with Crippen molar-refractivity contribution in [1.82, 2.24) is 15.0 Å². The molecule has 0 spiro atoms. The van der Waals surface area contributed by atoms with Crippen molar-refractivity contribution in [2.45, 2.75) is 38.6 Å². The highest BCUT2D eigenvalue weighted by Gasteiger charge is 2.25. The number of rotatable bonds is 6. The second-order valence-electron chi connectivity index (χ2n) is 6.64. The summed E-state index contributed by atoms with van der Waals surface area (Å²) in [5, 5.41) is 15.0. The lowest BCUT2D eigenvalue weighted by Crippen LogP contribution is -2.33. The van der Waals surface area contributed by atoms with Gasteiger partial charge in [-0.3, -0.25) is 4.79 Å². The first-order valence-electron chi connectivity index (χ1n) is 8.55. The number of piperidine rings is 1. The van der Waals surface area contributed by atoms with Crippen molar-refractivity contribution in [1.29, 1.82) is 5.41 Å². The van der Waals surface area contributed by atoms with E-state index in [1.165, 1.54) is 6.21 Å². The summed E-state index contributed by atoms with van der Waals surface area (Å²) in [5.74, 6) is 1.20. The summed E-state index contributed by atoms with van der Waals surface area (Å²) in [7, 11) is 0. The normalized spacial score (nSPS) is 17.6. The van der Waals surface area contributed by atoms with Crippen molar-refractivity contribution in [3.8, 4) is 11.4 Å². The largest absolute Gasteiger partial charge is 0.382 e. The summed E-state index contributed by atoms with van der Waals surface area (Å²) in [4.78, 5) is 17.3. The Morgan fingerprint density at radius 1 is 1.44 bits per heavy atom. The van der Waals surface area contributed by atoms with Gasteiger partial charge in [0.15, 0.2) is 0 Å². The van der Waals surface area contributed by atoms with Crippen molar-refractivity contribution in [2.75, 3.05) is 18.4 Å². The molecule has 0 aliphatic carbocycles. The van der Waals surface area contributed by atoms with Crippen LogP contribution in [0.4, 0.5) is 5.69 Å². The van der Waals surface area contributed by atoms with E-state index in [0.717, 1.165) is 42.6 Å². The summed E-state index contributed by atoms with van der Waals surface area (Å²) >= 11 is 0. The van der Waals surface area contributed by atoms with Crippen molar-refractivity contribution in [3.63, 3.8) is 0 Å². The van der Waals surface area contributed by atoms with Crippen molar-refractivity contribution in [2.24, 2.45) is 0 Å². The molecule has 25 heavy (non-hydrogen) atoms. The quantitative estimate of drug-likeness (QED) is 0.622. The molecule has 1 unspecified atom stereocenters. The lowest BCUT2D eigenvalue weighted by molar-refractivity contribution is -0.119. The Balaban J connectivity index is 1.84. The topological polar surface area (TPSA) is 95.1 Å². The molecule has 2 heterocycles. The number of anilines is 1. The van der Waals surface area contributed by atoms with E-state index < -0.39 is 0 Å². The van der Waals surface area contributed by atoms with Gasteiger partial charge in [0, 0.05) is 42.2 Å². The molecule has 1 fully saturated rings. The van der Waals surface area contributed by atoms with E-state index >= 15 is 0 Å². The molecular weight excluding hydrogens is 318 g/mol. The molecule has 1 atom stereocenters. The van der Waals surface area contributed by atoms with Crippen molar-refractivity contribution in [3.05, 3.63) is 29.7 Å². The predicted molar refractivity (Wildman–Crippen MR) is 96.0 cm³/mol. The van der Waals surface area contributed by atoms with E-state index in [-0.39, 0.29) is 12.0 Å². The second-order valence-corrected chi connectivity index (χ2v) is 6.64. The number of benzene rings is 1. The van der Waals surface area contributed by atoms with Crippen LogP contribution in [0.3, 0.4) is 0 Å². The van der Waals surface area contributed by atoms with Crippen LogP contribution in [0, 0.1) is 5.41 Å². The van der Waals surface area contributed by atoms with Crippen LogP contribution in [0.5, 0.6) is 0 Å². The number of carbonyl (C=O) groups is 1. The highest BCUT2D eigenvalue weighted by molar-refractivity contribution is 5.87. The summed E-state index contributed by atoms with van der Waals surface area (Å²) in [6, 6.07) is 5.95. The summed E-state index contributed by atoms with van der Waals surface area (Å²) in [6.45, 7) is 5.51. The third-order valence-electron chi connectivity index (χ3n) is 4.30. The van der Waals surface area contributed by atoms with Crippen LogP contribution in [-0.2, 0) is 4.79 Å². The van der Waals surface area contributed by atoms with Crippen LogP contribution in [0.25, 0.3) is 11.4 Å². The molecule has 7 heteroatoms. The second kappa shape index (κ2) is 7.46. The first-order valence-corrected chi connectivity index (χ1v) is 8.55. The SMILES string of the molecule is CC(C)Nc1cc(-c2noc(C3CCCN(C=O)C3)n2)ccc1C=N. The molecule has 1 aliphatic rings. The first-order chi connectivity index (χ1) is 12.1. The Morgan fingerprint density at radius 3 is 3.00 bits per heavy atom. The van der Waals surface area contributed by atoms with E-state index in [1.54, 1.807) is 4.90 Å². The third-order valence-corrected chi connectivity index (χ3v) is 4.30. The van der Waals surface area contributed by atoms with Gasteiger partial charge >= 0.3 is 0 Å². The average molecular weight is 341 g/mol. The molecule has 0 saturated carbocycles. The number of likely N-dealkylation sites (tertiary alicyclic amines) is 1. The minimum absolute atomic E-state index is 0.0920. The number of hydrogen-bond acceptors (Lipinski definition) is 6. The third kappa shape index (κ3) is 3.87. The number of nitrogens with zero attached hydrogens (tertiary/aromatic N) is 3. The van der Waals surface area contributed by atoms with Gasteiger partial charge in [0.1, 0.15) is 0 Å². The zero-order valence-corrected chi connectivity index (χ0v) is 14.5. The predicted octanol–water partition coefficient (Wildman–Crippen LogP) is 2.89. The Kier molecular flexibility index (Phi) is 5.11. The standard InChI is InChI=1S/C18H23N5O2/c1-12(2)20-16-8-13(5-6-14(16)9-19)17-21-18(25-22-17)15-4-3-7-23(10-15)11-24/h5-6,8-9,11-12,15,19-20H,3-4,7,10H2,1-2H3. The molecule has 1 saturated heterocycles. The molecule has 2 aromatic rings. The first kappa shape index (κ1) is 17.1. The zero-order valence-electron chi connectivity index (χ0n) is 14.5. The molecule has 1 aromatic carbocycles. The molecule has 1 aromatic heterocycles. The highest BCUT2D eigenvalue weighted by atomic mass is 16.5. The maximum atomic E-state index is 11.0. The highest BCUT2D eigenvalue weighted by Crippen LogP contribution is 2.28. The molecule has 3 rings (SSSR count). The average Bonchev–Trinajstić information content (AvgIpc) is 3.11. The number of hydrogen-bond donors (Lipinski definition) is 2. The van der Waals surface area contributed by atoms with Gasteiger partial charge in [-0.1, -0.05) is 17.3 Å². The van der Waals surface area contributed by atoms with Crippen LogP contribution >= 0.6 is 0 Å². The number of aromatic nitrogens is 2. The maximum absolute atomic E-state index is 11.0. The maximum Gasteiger partial charge on any atom is 0.231 e. The van der Waals surface area contributed by atoms with E-state index in [2.05, 4.69) is 29.3 Å². The monoisotopic (exact) mass is 341 g/mol. The van der Waals surface area contributed by atoms with E-state index in [1.807, 2.05) is 18.2 Å². The fourth-order valence-corrected chi connectivity index (χ4v) is 3.08. The summed E-state index contributed by atoms with van der Waals surface area (Å²) in [5.41, 5.74) is 2.53. The van der Waals surface area contributed by atoms with Crippen LogP contribution < -0.4 is 5.32 Å². The van der Waals surface area contributed by atoms with Gasteiger partial charge < -0.3 is 20.1 Å². The molecule has 7 nitrogen and oxygen atoms in total. The van der Waals surface area contributed by atoms with Gasteiger partial charge in [-0.25, -0.2) is 0 Å². The smallest absolute Gasteiger partial charge is 0.231 e. The van der Waals surface area contributed by atoms with Gasteiger partial charge in [0.25, 0.3) is 0 Å². The number of nitrogens with one attached hydrogen (secondary N) is 2. The number of amides is 1. The lowest BCUT2D eigenvalue weighted by Gasteiger charge is -2.27. The zero-order chi connectivity index (χ0) is 17.8. The van der Waals surface area contributed by atoms with Crippen LogP contribution in [0.1, 0.15) is 44.1 Å². The molecule has 1 aliphatic heterocycles. The fraction of sp³-hybridized carbons (Fsp3) is 0.444. The Hall–Kier alpha value is -2.70. The molecule has 132 valence electrons. The summed E-state index contributed by atoms with van der Waals surface area (Å²) in [6.07, 6.45) is 4.09. The van der Waals surface area contributed by atoms with Gasteiger partial charge in [-0.15, -0.1) is 0 Å². The Morgan fingerprint density at radius 2 is 2.28 bits per heavy atom. The van der Waals surface area contributed by atoms with Gasteiger partial charge in [0.05, 0.1) is 5.92 Å². The van der Waals surface area contributed by atoms with Crippen molar-refractivity contribution < 1.29 is 9.32 Å². The van der Waals surface area contributed by atoms with E-state index in [4.69, 9.17) is 9.93 Å².